The summed E-state index contributed by atoms with van der Waals surface area (Å²) in [6, 6.07) is 0. The maximum Gasteiger partial charge on any atom is 0.318 e. The summed E-state index contributed by atoms with van der Waals surface area (Å²) in [7, 11) is -1.05. The van der Waals surface area contributed by atoms with Crippen molar-refractivity contribution in [2.75, 3.05) is 66.7 Å². The van der Waals surface area contributed by atoms with Crippen LogP contribution in [0.25, 0.3) is 0 Å². The number of aliphatic hydroxyl groups is 2. The second-order valence-electron chi connectivity index (χ2n) is 6.03. The van der Waals surface area contributed by atoms with Crippen molar-refractivity contribution in [3.63, 3.8) is 0 Å². The minimum Gasteiger partial charge on any atom is -0.481 e. The Labute approximate surface area is 223 Å². The van der Waals surface area contributed by atoms with Gasteiger partial charge in [0.25, 0.3) is 0 Å². The van der Waals surface area contributed by atoms with E-state index >= 15 is 0 Å². The molecular formula is C20H34O12S4. The highest BCUT2D eigenvalue weighted by atomic mass is 32.2. The molecule has 0 aliphatic rings. The summed E-state index contributed by atoms with van der Waals surface area (Å²) in [5, 5.41) is 30.8. The number of carboxylic acid groups (broad SMARTS) is 2. The fourth-order valence-electron chi connectivity index (χ4n) is 1.56. The highest BCUT2D eigenvalue weighted by molar-refractivity contribution is 8.00. The third-order valence-electron chi connectivity index (χ3n) is 2.76. The fraction of sp³-hybridized carbons (Fsp3) is 0.600. The summed E-state index contributed by atoms with van der Waals surface area (Å²) in [5.41, 5.74) is 0. The average molecular weight is 595 g/mol. The normalized spacial score (nSPS) is 12.1. The van der Waals surface area contributed by atoms with E-state index in [-0.39, 0.29) is 47.3 Å². The molecule has 36 heavy (non-hydrogen) atoms. The molecule has 0 rings (SSSR count). The predicted octanol–water partition coefficient (Wildman–Crippen LogP) is -0.117. The average Bonchev–Trinajstić information content (AvgIpc) is 2.77. The van der Waals surface area contributed by atoms with Gasteiger partial charge in [0.2, 0.25) is 0 Å². The van der Waals surface area contributed by atoms with Gasteiger partial charge in [0.1, 0.15) is 18.3 Å². The lowest BCUT2D eigenvalue weighted by molar-refractivity contribution is -0.150. The van der Waals surface area contributed by atoms with Crippen LogP contribution in [0.2, 0.25) is 0 Å². The quantitative estimate of drug-likeness (QED) is 0.0708. The van der Waals surface area contributed by atoms with Gasteiger partial charge in [-0.1, -0.05) is 24.3 Å². The monoisotopic (exact) mass is 594 g/mol. The van der Waals surface area contributed by atoms with Gasteiger partial charge in [0, 0.05) is 51.7 Å². The van der Waals surface area contributed by atoms with Gasteiger partial charge in [-0.05, 0) is 6.92 Å². The van der Waals surface area contributed by atoms with Crippen LogP contribution in [0.3, 0.4) is 0 Å². The molecule has 0 saturated heterocycles. The zero-order valence-corrected chi connectivity index (χ0v) is 23.3. The molecule has 2 atom stereocenters. The number of ketones is 1. The van der Waals surface area contributed by atoms with E-state index in [9.17, 15) is 27.6 Å². The van der Waals surface area contributed by atoms with Gasteiger partial charge in [0.15, 0.2) is 6.79 Å². The van der Waals surface area contributed by atoms with Crippen molar-refractivity contribution in [3.05, 3.63) is 24.3 Å². The molecular weight excluding hydrogens is 560 g/mol. The molecule has 0 aliphatic heterocycles. The first-order valence-corrected chi connectivity index (χ1v) is 15.2. The molecule has 2 unspecified atom stereocenters. The van der Waals surface area contributed by atoms with Crippen LogP contribution >= 0.6 is 23.5 Å². The molecule has 0 aliphatic carbocycles. The molecule has 0 spiro atoms. The van der Waals surface area contributed by atoms with Crippen molar-refractivity contribution in [2.45, 2.75) is 6.92 Å². The third kappa shape index (κ3) is 39.6. The molecule has 0 amide bonds. The van der Waals surface area contributed by atoms with Gasteiger partial charge in [-0.3, -0.25) is 27.6 Å². The molecule has 0 saturated carbocycles. The molecule has 0 aromatic heterocycles. The Morgan fingerprint density at radius 1 is 0.806 bits per heavy atom. The topological polar surface area (TPSA) is 202 Å². The number of carbonyl (C=O) groups is 4. The van der Waals surface area contributed by atoms with E-state index in [0.29, 0.717) is 17.3 Å². The zero-order valence-electron chi connectivity index (χ0n) is 20.1. The molecule has 0 radical (unpaired) electrons. The molecule has 0 heterocycles. The van der Waals surface area contributed by atoms with Crippen LogP contribution in [0.15, 0.2) is 24.3 Å². The van der Waals surface area contributed by atoms with Crippen LogP contribution in [0, 0.1) is 0 Å². The van der Waals surface area contributed by atoms with Crippen LogP contribution in [0.4, 0.5) is 0 Å². The predicted molar refractivity (Wildman–Crippen MR) is 142 cm³/mol. The number of aliphatic hydroxyl groups excluding tert-OH is 1. The first kappa shape index (κ1) is 39.0. The van der Waals surface area contributed by atoms with Gasteiger partial charge in [0.05, 0.1) is 17.3 Å². The van der Waals surface area contributed by atoms with E-state index in [1.165, 1.54) is 37.6 Å². The summed E-state index contributed by atoms with van der Waals surface area (Å²) < 4.78 is 31.5. The lowest BCUT2D eigenvalue weighted by Crippen LogP contribution is -2.10. The molecule has 0 bridgehead atoms. The van der Waals surface area contributed by atoms with E-state index in [1.807, 2.05) is 6.08 Å². The Hall–Kier alpha value is -1.56. The van der Waals surface area contributed by atoms with Crippen molar-refractivity contribution >= 4 is 68.8 Å². The smallest absolute Gasteiger partial charge is 0.318 e. The number of carboxylic acids is 2. The number of Topliss-reactive ketones (excluding diaryl/α,β-unsaturated/α-hetero) is 1. The van der Waals surface area contributed by atoms with Gasteiger partial charge in [-0.2, -0.15) is 0 Å². The number of esters is 1. The number of ether oxygens (including phenoxy) is 2. The lowest BCUT2D eigenvalue weighted by atomic mass is 10.5. The highest BCUT2D eigenvalue weighted by Crippen LogP contribution is 2.01. The van der Waals surface area contributed by atoms with E-state index in [0.717, 1.165) is 0 Å². The fourth-order valence-corrected chi connectivity index (χ4v) is 4.43. The van der Waals surface area contributed by atoms with E-state index in [2.05, 4.69) is 9.47 Å². The van der Waals surface area contributed by atoms with Crippen molar-refractivity contribution in [3.8, 4) is 0 Å². The van der Waals surface area contributed by atoms with Crippen molar-refractivity contribution < 1.29 is 57.5 Å². The molecule has 0 aromatic carbocycles. The number of methoxy groups -OCH3 is 1. The first-order chi connectivity index (χ1) is 17.0. The van der Waals surface area contributed by atoms with Gasteiger partial charge in [-0.15, -0.1) is 23.5 Å². The van der Waals surface area contributed by atoms with Gasteiger partial charge in [-0.25, -0.2) is 0 Å². The summed E-state index contributed by atoms with van der Waals surface area (Å²) >= 11 is 2.62. The summed E-state index contributed by atoms with van der Waals surface area (Å²) in [4.78, 5) is 41.9. The van der Waals surface area contributed by atoms with Crippen LogP contribution in [0.1, 0.15) is 6.92 Å². The molecule has 12 nitrogen and oxygen atoms in total. The van der Waals surface area contributed by atoms with Gasteiger partial charge >= 0.3 is 17.9 Å². The van der Waals surface area contributed by atoms with Crippen LogP contribution in [-0.2, 0) is 50.3 Å². The first-order valence-electron chi connectivity index (χ1n) is 9.94. The highest BCUT2D eigenvalue weighted by Gasteiger charge is 2.03. The minimum absolute atomic E-state index is 0.0285. The summed E-state index contributed by atoms with van der Waals surface area (Å²) in [5.74, 6) is -0.595. The Morgan fingerprint density at radius 2 is 1.28 bits per heavy atom. The Balaban J connectivity index is -0.000000552. The van der Waals surface area contributed by atoms with Crippen LogP contribution in [0.5, 0.6) is 0 Å². The number of aliphatic carboxylic acids is 2. The Morgan fingerprint density at radius 3 is 1.69 bits per heavy atom. The molecule has 4 N–H and O–H groups in total. The maximum absolute atomic E-state index is 11.3. The Bertz CT molecular complexity index is 725. The summed E-state index contributed by atoms with van der Waals surface area (Å²) in [6.07, 6.45) is 6.88. The SMILES string of the molecule is COCOC(=O)CSC/C=C/CS(=O)CC(C)=O.O=C(O)CSC/C=C/CS(=O)CC(=O)O.OCO. The van der Waals surface area contributed by atoms with Crippen molar-refractivity contribution in [2.24, 2.45) is 0 Å². The van der Waals surface area contributed by atoms with Crippen LogP contribution < -0.4 is 0 Å². The van der Waals surface area contributed by atoms with E-state index < -0.39 is 40.3 Å². The number of hydrogen-bond acceptors (Lipinski definition) is 12. The second kappa shape index (κ2) is 29.7. The van der Waals surface area contributed by atoms with Crippen molar-refractivity contribution in [1.29, 1.82) is 0 Å². The minimum atomic E-state index is -1.38. The number of thioether (sulfide) groups is 2. The van der Waals surface area contributed by atoms with Crippen molar-refractivity contribution in [1.82, 2.24) is 0 Å². The number of hydrogen-bond donors (Lipinski definition) is 4. The lowest BCUT2D eigenvalue weighted by Gasteiger charge is -2.01. The second-order valence-corrected chi connectivity index (χ2v) is 11.1. The van der Waals surface area contributed by atoms with E-state index in [4.69, 9.17) is 20.4 Å². The van der Waals surface area contributed by atoms with E-state index in [1.54, 1.807) is 18.2 Å². The largest absolute Gasteiger partial charge is 0.481 e. The molecule has 210 valence electrons. The number of rotatable bonds is 18. The maximum atomic E-state index is 11.3. The molecule has 0 fully saturated rings. The number of carbonyl (C=O) groups excluding carboxylic acids is 2. The van der Waals surface area contributed by atoms with Crippen LogP contribution in [-0.4, -0.2) is 119 Å². The summed E-state index contributed by atoms with van der Waals surface area (Å²) in [6.45, 7) is 0.641. The third-order valence-corrected chi connectivity index (χ3v) is 6.93. The Kier molecular flexibility index (Phi) is 32.1. The molecule has 0 aromatic rings. The van der Waals surface area contributed by atoms with Gasteiger partial charge < -0.3 is 29.9 Å². The standard InChI is InChI=1S/C11H18O5S2.C8H12O5S2.CH4O2/c1-10(12)8-18(14)6-4-3-5-17-7-11(13)16-9-15-2;9-7(10)5-14-3-1-2-4-15(13)6-8(11)12;2-1-3/h3-4H,5-9H2,1-2H3;1-2H,3-6H2,(H,9,10)(H,11,12);2-3H,1H2/b4-3+;2-1+;. The molecule has 16 heteroatoms. The zero-order chi connectivity index (χ0) is 28.2.